The van der Waals surface area contributed by atoms with Crippen molar-refractivity contribution < 1.29 is 19.4 Å². The van der Waals surface area contributed by atoms with Crippen LogP contribution in [0.25, 0.3) is 0 Å². The first kappa shape index (κ1) is 17.0. The molecule has 1 unspecified atom stereocenters. The normalized spacial score (nSPS) is 11.8. The predicted octanol–water partition coefficient (Wildman–Crippen LogP) is 2.02. The molecule has 0 bridgehead atoms. The summed E-state index contributed by atoms with van der Waals surface area (Å²) in [5.74, 6) is -1.06. The Labute approximate surface area is 124 Å². The third kappa shape index (κ3) is 5.83. The molecule has 0 fully saturated rings. The number of carboxylic acid groups (broad SMARTS) is 1. The third-order valence-electron chi connectivity index (χ3n) is 3.01. The summed E-state index contributed by atoms with van der Waals surface area (Å²) in [6.45, 7) is 3.93. The molecule has 0 heterocycles. The molecule has 1 atom stereocenters. The Morgan fingerprint density at radius 3 is 2.48 bits per heavy atom. The van der Waals surface area contributed by atoms with E-state index in [0.29, 0.717) is 18.7 Å². The molecule has 0 saturated carbocycles. The number of rotatable bonds is 7. The van der Waals surface area contributed by atoms with Gasteiger partial charge in [-0.2, -0.15) is 0 Å². The van der Waals surface area contributed by atoms with E-state index in [0.717, 1.165) is 5.56 Å². The van der Waals surface area contributed by atoms with Gasteiger partial charge in [0.1, 0.15) is 6.54 Å². The van der Waals surface area contributed by atoms with Crippen LogP contribution in [0.4, 0.5) is 10.5 Å². The summed E-state index contributed by atoms with van der Waals surface area (Å²) in [6.07, 6.45) is 0.664. The maximum Gasteiger partial charge on any atom is 0.323 e. The summed E-state index contributed by atoms with van der Waals surface area (Å²) in [5, 5.41) is 11.8. The Balaban J connectivity index is 2.79. The number of carbonyl (C=O) groups is 2. The molecule has 1 aromatic rings. The average Bonchev–Trinajstić information content (AvgIpc) is 2.43. The summed E-state index contributed by atoms with van der Waals surface area (Å²) in [6, 6.07) is 6.62. The van der Waals surface area contributed by atoms with Crippen LogP contribution in [-0.2, 0) is 9.53 Å². The molecule has 21 heavy (non-hydrogen) atoms. The van der Waals surface area contributed by atoms with Crippen molar-refractivity contribution in [2.24, 2.45) is 0 Å². The van der Waals surface area contributed by atoms with Gasteiger partial charge in [0.2, 0.25) is 0 Å². The maximum atomic E-state index is 12.2. The number of carboxylic acids is 1. The lowest BCUT2D eigenvalue weighted by atomic mass is 10.2. The number of nitrogens with one attached hydrogen (secondary N) is 1. The molecule has 6 heteroatoms. The maximum absolute atomic E-state index is 12.2. The van der Waals surface area contributed by atoms with E-state index in [4.69, 9.17) is 9.84 Å². The molecule has 0 spiro atoms. The van der Waals surface area contributed by atoms with E-state index in [9.17, 15) is 9.59 Å². The Kier molecular flexibility index (Phi) is 6.68. The molecule has 0 radical (unpaired) electrons. The van der Waals surface area contributed by atoms with Gasteiger partial charge in [0.25, 0.3) is 0 Å². The minimum Gasteiger partial charge on any atom is -0.480 e. The molecule has 0 aliphatic rings. The number of nitrogens with zero attached hydrogens (tertiary/aromatic N) is 1. The Bertz CT molecular complexity index is 473. The number of methoxy groups -OCH3 is 1. The van der Waals surface area contributed by atoms with Crippen molar-refractivity contribution in [3.63, 3.8) is 0 Å². The van der Waals surface area contributed by atoms with Gasteiger partial charge in [0.05, 0.1) is 0 Å². The lowest BCUT2D eigenvalue weighted by Gasteiger charge is -2.24. The van der Waals surface area contributed by atoms with Crippen molar-refractivity contribution >= 4 is 17.7 Å². The Hall–Kier alpha value is -2.08. The molecule has 0 aromatic heterocycles. The highest BCUT2D eigenvalue weighted by molar-refractivity contribution is 5.96. The summed E-state index contributed by atoms with van der Waals surface area (Å²) >= 11 is 0. The minimum absolute atomic E-state index is 0.0980. The van der Waals surface area contributed by atoms with E-state index >= 15 is 0 Å². The van der Waals surface area contributed by atoms with Gasteiger partial charge in [-0.25, -0.2) is 4.79 Å². The SMILES string of the molecule is COCCC(C)NC(=O)N(CC(=O)O)c1ccc(C)cc1. The Morgan fingerprint density at radius 1 is 1.33 bits per heavy atom. The average molecular weight is 294 g/mol. The smallest absolute Gasteiger partial charge is 0.323 e. The summed E-state index contributed by atoms with van der Waals surface area (Å²) in [7, 11) is 1.59. The summed E-state index contributed by atoms with van der Waals surface area (Å²) < 4.78 is 4.96. The monoisotopic (exact) mass is 294 g/mol. The fourth-order valence-corrected chi connectivity index (χ4v) is 1.80. The van der Waals surface area contributed by atoms with Gasteiger partial charge >= 0.3 is 12.0 Å². The van der Waals surface area contributed by atoms with Crippen LogP contribution in [0.5, 0.6) is 0 Å². The van der Waals surface area contributed by atoms with Crippen molar-refractivity contribution in [1.82, 2.24) is 5.32 Å². The van der Waals surface area contributed by atoms with Gasteiger partial charge in [0.15, 0.2) is 0 Å². The molecule has 6 nitrogen and oxygen atoms in total. The van der Waals surface area contributed by atoms with Gasteiger partial charge < -0.3 is 15.2 Å². The fourth-order valence-electron chi connectivity index (χ4n) is 1.80. The first-order valence-electron chi connectivity index (χ1n) is 6.79. The van der Waals surface area contributed by atoms with Gasteiger partial charge in [-0.15, -0.1) is 0 Å². The second-order valence-electron chi connectivity index (χ2n) is 4.95. The van der Waals surface area contributed by atoms with Crippen LogP contribution in [0.3, 0.4) is 0 Å². The first-order valence-corrected chi connectivity index (χ1v) is 6.79. The van der Waals surface area contributed by atoms with E-state index in [1.165, 1.54) is 4.90 Å². The second-order valence-corrected chi connectivity index (χ2v) is 4.95. The predicted molar refractivity (Wildman–Crippen MR) is 80.6 cm³/mol. The number of aryl methyl sites for hydroxylation is 1. The van der Waals surface area contributed by atoms with Crippen LogP contribution in [0.2, 0.25) is 0 Å². The zero-order valence-electron chi connectivity index (χ0n) is 12.6. The molecule has 1 aromatic carbocycles. The summed E-state index contributed by atoms with van der Waals surface area (Å²) in [4.78, 5) is 24.4. The van der Waals surface area contributed by atoms with Crippen molar-refractivity contribution in [3.05, 3.63) is 29.8 Å². The topological polar surface area (TPSA) is 78.9 Å². The van der Waals surface area contributed by atoms with Gasteiger partial charge in [-0.05, 0) is 32.4 Å². The standard InChI is InChI=1S/C15H22N2O4/c1-11-4-6-13(7-5-11)17(10-14(18)19)15(20)16-12(2)8-9-21-3/h4-7,12H,8-10H2,1-3H3,(H,16,20)(H,18,19). The second kappa shape index (κ2) is 8.26. The van der Waals surface area contributed by atoms with Gasteiger partial charge in [0, 0.05) is 25.4 Å². The Morgan fingerprint density at radius 2 is 1.95 bits per heavy atom. The van der Waals surface area contributed by atoms with E-state index < -0.39 is 12.0 Å². The lowest BCUT2D eigenvalue weighted by Crippen LogP contribution is -2.46. The van der Waals surface area contributed by atoms with Crippen LogP contribution in [-0.4, -0.2) is 43.4 Å². The number of amides is 2. The van der Waals surface area contributed by atoms with Crippen molar-refractivity contribution in [3.8, 4) is 0 Å². The van der Waals surface area contributed by atoms with Gasteiger partial charge in [-0.3, -0.25) is 9.69 Å². The highest BCUT2D eigenvalue weighted by atomic mass is 16.5. The zero-order valence-corrected chi connectivity index (χ0v) is 12.6. The number of anilines is 1. The molecule has 2 amide bonds. The van der Waals surface area contributed by atoms with Crippen LogP contribution < -0.4 is 10.2 Å². The zero-order chi connectivity index (χ0) is 15.8. The van der Waals surface area contributed by atoms with Crippen LogP contribution in [0.15, 0.2) is 24.3 Å². The molecule has 0 saturated heterocycles. The first-order chi connectivity index (χ1) is 9.93. The van der Waals surface area contributed by atoms with E-state index in [1.807, 2.05) is 26.0 Å². The van der Waals surface area contributed by atoms with E-state index in [2.05, 4.69) is 5.32 Å². The lowest BCUT2D eigenvalue weighted by molar-refractivity contribution is -0.135. The third-order valence-corrected chi connectivity index (χ3v) is 3.01. The molecule has 1 rings (SSSR count). The number of benzene rings is 1. The fraction of sp³-hybridized carbons (Fsp3) is 0.467. The molecule has 2 N–H and O–H groups in total. The highest BCUT2D eigenvalue weighted by Crippen LogP contribution is 2.15. The molecular weight excluding hydrogens is 272 g/mol. The number of carbonyl (C=O) groups excluding carboxylic acids is 1. The molecule has 0 aliphatic heterocycles. The van der Waals surface area contributed by atoms with Gasteiger partial charge in [-0.1, -0.05) is 17.7 Å². The number of hydrogen-bond donors (Lipinski definition) is 2. The number of hydrogen-bond acceptors (Lipinski definition) is 3. The van der Waals surface area contributed by atoms with Crippen molar-refractivity contribution in [2.45, 2.75) is 26.3 Å². The van der Waals surface area contributed by atoms with Crippen LogP contribution >= 0.6 is 0 Å². The number of aliphatic carboxylic acids is 1. The number of urea groups is 1. The minimum atomic E-state index is -1.06. The highest BCUT2D eigenvalue weighted by Gasteiger charge is 2.20. The van der Waals surface area contributed by atoms with Crippen LogP contribution in [0, 0.1) is 6.92 Å². The largest absolute Gasteiger partial charge is 0.480 e. The summed E-state index contributed by atoms with van der Waals surface area (Å²) in [5.41, 5.74) is 1.60. The van der Waals surface area contributed by atoms with E-state index in [1.54, 1.807) is 19.2 Å². The van der Waals surface area contributed by atoms with E-state index in [-0.39, 0.29) is 12.6 Å². The van der Waals surface area contributed by atoms with Crippen LogP contribution in [0.1, 0.15) is 18.9 Å². The quantitative estimate of drug-likeness (QED) is 0.806. The molecular formula is C15H22N2O4. The van der Waals surface area contributed by atoms with Crippen molar-refractivity contribution in [2.75, 3.05) is 25.2 Å². The van der Waals surface area contributed by atoms with Crippen molar-refractivity contribution in [1.29, 1.82) is 0 Å². The molecule has 0 aliphatic carbocycles. The molecule has 116 valence electrons. The number of ether oxygens (including phenoxy) is 1.